The van der Waals surface area contributed by atoms with E-state index in [0.717, 1.165) is 16.3 Å². The molecule has 6 heteroatoms. The van der Waals surface area contributed by atoms with Crippen molar-refractivity contribution in [3.05, 3.63) is 46.4 Å². The van der Waals surface area contributed by atoms with Crippen LogP contribution in [0.1, 0.15) is 16.7 Å². The van der Waals surface area contributed by atoms with Crippen LogP contribution in [0.15, 0.2) is 35.8 Å². The molecule has 2 aliphatic heterocycles. The summed E-state index contributed by atoms with van der Waals surface area (Å²) in [6.07, 6.45) is 1.88. The standard InChI is InChI=1S/C16H16N2O3S/c19-16(13-9-11-3-1-2-4-12(11)21-13)18-6-7-20-14(10-18)15-17-5-8-22-15/h1-5,8,13-14H,6-7,9-10H2. The van der Waals surface area contributed by atoms with Crippen LogP contribution < -0.4 is 4.74 Å². The number of morpholine rings is 1. The van der Waals surface area contributed by atoms with E-state index in [9.17, 15) is 4.79 Å². The van der Waals surface area contributed by atoms with Gasteiger partial charge in [0.15, 0.2) is 6.10 Å². The van der Waals surface area contributed by atoms with Gasteiger partial charge in [0.2, 0.25) is 0 Å². The third-order valence-electron chi connectivity index (χ3n) is 4.03. The van der Waals surface area contributed by atoms with Crippen molar-refractivity contribution < 1.29 is 14.3 Å². The number of para-hydroxylation sites is 1. The quantitative estimate of drug-likeness (QED) is 0.851. The van der Waals surface area contributed by atoms with Crippen LogP contribution in [0.5, 0.6) is 5.75 Å². The fourth-order valence-electron chi connectivity index (χ4n) is 2.92. The Hall–Kier alpha value is -1.92. The van der Waals surface area contributed by atoms with Crippen molar-refractivity contribution in [3.63, 3.8) is 0 Å². The third kappa shape index (κ3) is 2.48. The van der Waals surface area contributed by atoms with Gasteiger partial charge in [0.1, 0.15) is 16.9 Å². The van der Waals surface area contributed by atoms with Crippen LogP contribution in [0.2, 0.25) is 0 Å². The van der Waals surface area contributed by atoms with Gasteiger partial charge >= 0.3 is 0 Å². The highest BCUT2D eigenvalue weighted by Crippen LogP contribution is 2.30. The molecule has 114 valence electrons. The van der Waals surface area contributed by atoms with Gasteiger partial charge in [-0.25, -0.2) is 4.98 Å². The maximum Gasteiger partial charge on any atom is 0.264 e. The summed E-state index contributed by atoms with van der Waals surface area (Å²) in [5.74, 6) is 0.867. The van der Waals surface area contributed by atoms with Crippen LogP contribution in [0.25, 0.3) is 0 Å². The third-order valence-corrected chi connectivity index (χ3v) is 4.90. The molecule has 5 nitrogen and oxygen atoms in total. The van der Waals surface area contributed by atoms with Crippen LogP contribution in [0.4, 0.5) is 0 Å². The lowest BCUT2D eigenvalue weighted by Crippen LogP contribution is -2.47. The van der Waals surface area contributed by atoms with Crippen molar-refractivity contribution in [1.82, 2.24) is 9.88 Å². The number of amides is 1. The number of carbonyl (C=O) groups is 1. The molecular formula is C16H16N2O3S. The topological polar surface area (TPSA) is 51.7 Å². The molecule has 1 amide bonds. The summed E-state index contributed by atoms with van der Waals surface area (Å²) >= 11 is 1.56. The van der Waals surface area contributed by atoms with E-state index >= 15 is 0 Å². The Bertz CT molecular complexity index is 649. The zero-order chi connectivity index (χ0) is 14.9. The Morgan fingerprint density at radius 3 is 3.09 bits per heavy atom. The van der Waals surface area contributed by atoms with E-state index < -0.39 is 6.10 Å². The minimum absolute atomic E-state index is 0.0426. The lowest BCUT2D eigenvalue weighted by Gasteiger charge is -2.33. The average Bonchev–Trinajstić information content (AvgIpc) is 3.23. The second-order valence-corrected chi connectivity index (χ2v) is 6.36. The number of aromatic nitrogens is 1. The van der Waals surface area contributed by atoms with Crippen molar-refractivity contribution in [2.75, 3.05) is 19.7 Å². The highest BCUT2D eigenvalue weighted by atomic mass is 32.1. The molecule has 4 rings (SSSR count). The molecule has 3 heterocycles. The van der Waals surface area contributed by atoms with E-state index in [-0.39, 0.29) is 12.0 Å². The van der Waals surface area contributed by atoms with Gasteiger partial charge in [0, 0.05) is 24.5 Å². The molecule has 0 radical (unpaired) electrons. The van der Waals surface area contributed by atoms with E-state index in [0.29, 0.717) is 26.1 Å². The van der Waals surface area contributed by atoms with Crippen molar-refractivity contribution >= 4 is 17.2 Å². The summed E-state index contributed by atoms with van der Waals surface area (Å²) < 4.78 is 11.5. The molecule has 2 unspecified atom stereocenters. The lowest BCUT2D eigenvalue weighted by molar-refractivity contribution is -0.145. The second-order valence-electron chi connectivity index (χ2n) is 5.43. The van der Waals surface area contributed by atoms with E-state index in [1.807, 2.05) is 34.5 Å². The van der Waals surface area contributed by atoms with Gasteiger partial charge in [-0.2, -0.15) is 0 Å². The average molecular weight is 316 g/mol. The van der Waals surface area contributed by atoms with Gasteiger partial charge in [0.05, 0.1) is 13.2 Å². The summed E-state index contributed by atoms with van der Waals surface area (Å²) in [6, 6.07) is 7.84. The first-order valence-electron chi connectivity index (χ1n) is 7.35. The fourth-order valence-corrected chi connectivity index (χ4v) is 3.59. The monoisotopic (exact) mass is 316 g/mol. The molecule has 1 aromatic carbocycles. The number of fused-ring (bicyclic) bond motifs is 1. The molecule has 0 saturated carbocycles. The van der Waals surface area contributed by atoms with Crippen molar-refractivity contribution in [2.45, 2.75) is 18.6 Å². The molecular weight excluding hydrogens is 300 g/mol. The minimum Gasteiger partial charge on any atom is -0.480 e. The molecule has 1 saturated heterocycles. The molecule has 2 aliphatic rings. The largest absolute Gasteiger partial charge is 0.480 e. The highest BCUT2D eigenvalue weighted by Gasteiger charge is 2.35. The fraction of sp³-hybridized carbons (Fsp3) is 0.375. The first-order valence-corrected chi connectivity index (χ1v) is 8.23. The molecule has 22 heavy (non-hydrogen) atoms. The summed E-state index contributed by atoms with van der Waals surface area (Å²) in [6.45, 7) is 1.69. The number of thiazole rings is 1. The maximum absolute atomic E-state index is 12.7. The number of ether oxygens (including phenoxy) is 2. The Kier molecular flexibility index (Phi) is 3.56. The molecule has 1 fully saturated rings. The summed E-state index contributed by atoms with van der Waals surface area (Å²) in [5.41, 5.74) is 1.10. The second kappa shape index (κ2) is 5.70. The highest BCUT2D eigenvalue weighted by molar-refractivity contribution is 7.09. The summed E-state index contributed by atoms with van der Waals surface area (Å²) in [7, 11) is 0. The zero-order valence-corrected chi connectivity index (χ0v) is 12.8. The Balaban J connectivity index is 1.45. The number of hydrogen-bond donors (Lipinski definition) is 0. The molecule has 1 aromatic heterocycles. The Morgan fingerprint density at radius 2 is 2.27 bits per heavy atom. The van der Waals surface area contributed by atoms with Crippen LogP contribution in [0, 0.1) is 0 Å². The van der Waals surface area contributed by atoms with Crippen LogP contribution in [0.3, 0.4) is 0 Å². The number of carbonyl (C=O) groups excluding carboxylic acids is 1. The molecule has 2 atom stereocenters. The molecule has 2 aromatic rings. The lowest BCUT2D eigenvalue weighted by atomic mass is 10.1. The summed E-state index contributed by atoms with van der Waals surface area (Å²) in [4.78, 5) is 18.8. The van der Waals surface area contributed by atoms with Gasteiger partial charge in [-0.1, -0.05) is 18.2 Å². The van der Waals surface area contributed by atoms with Crippen LogP contribution >= 0.6 is 11.3 Å². The van der Waals surface area contributed by atoms with E-state index in [2.05, 4.69) is 4.98 Å². The van der Waals surface area contributed by atoms with Crippen molar-refractivity contribution in [1.29, 1.82) is 0 Å². The van der Waals surface area contributed by atoms with Gasteiger partial charge < -0.3 is 14.4 Å². The Morgan fingerprint density at radius 1 is 1.36 bits per heavy atom. The van der Waals surface area contributed by atoms with E-state index in [1.165, 1.54) is 0 Å². The smallest absolute Gasteiger partial charge is 0.264 e. The molecule has 0 bridgehead atoms. The van der Waals surface area contributed by atoms with Gasteiger partial charge in [-0.05, 0) is 11.6 Å². The maximum atomic E-state index is 12.7. The van der Waals surface area contributed by atoms with Crippen molar-refractivity contribution in [2.24, 2.45) is 0 Å². The van der Waals surface area contributed by atoms with E-state index in [1.54, 1.807) is 17.5 Å². The van der Waals surface area contributed by atoms with Crippen molar-refractivity contribution in [3.8, 4) is 5.75 Å². The van der Waals surface area contributed by atoms with Gasteiger partial charge in [-0.3, -0.25) is 4.79 Å². The predicted molar refractivity (Wildman–Crippen MR) is 81.9 cm³/mol. The molecule has 0 spiro atoms. The Labute approximate surface area is 132 Å². The molecule has 0 N–H and O–H groups in total. The number of hydrogen-bond acceptors (Lipinski definition) is 5. The zero-order valence-electron chi connectivity index (χ0n) is 12.0. The number of nitrogens with zero attached hydrogens (tertiary/aromatic N) is 2. The van der Waals surface area contributed by atoms with E-state index in [4.69, 9.17) is 9.47 Å². The SMILES string of the molecule is O=C(C1Cc2ccccc2O1)N1CCOC(c2nccs2)C1. The first kappa shape index (κ1) is 13.7. The minimum atomic E-state index is -0.410. The van der Waals surface area contributed by atoms with Gasteiger partial charge in [-0.15, -0.1) is 11.3 Å². The summed E-state index contributed by atoms with van der Waals surface area (Å²) in [5, 5.41) is 2.85. The number of benzene rings is 1. The number of rotatable bonds is 2. The van der Waals surface area contributed by atoms with Crippen LogP contribution in [-0.4, -0.2) is 41.6 Å². The van der Waals surface area contributed by atoms with Crippen LogP contribution in [-0.2, 0) is 16.0 Å². The molecule has 0 aliphatic carbocycles. The first-order chi connectivity index (χ1) is 10.8. The normalized spacial score (nSPS) is 23.9. The van der Waals surface area contributed by atoms with Gasteiger partial charge in [0.25, 0.3) is 5.91 Å². The predicted octanol–water partition coefficient (Wildman–Crippen LogP) is 2.05.